The van der Waals surface area contributed by atoms with Gasteiger partial charge < -0.3 is 19.1 Å². The third-order valence-electron chi connectivity index (χ3n) is 8.33. The van der Waals surface area contributed by atoms with Crippen molar-refractivity contribution in [3.63, 3.8) is 0 Å². The summed E-state index contributed by atoms with van der Waals surface area (Å²) in [5, 5.41) is 9.52. The maximum atomic E-state index is 14.7. The van der Waals surface area contributed by atoms with Crippen LogP contribution in [-0.2, 0) is 16.0 Å². The van der Waals surface area contributed by atoms with Crippen LogP contribution in [0.15, 0.2) is 30.3 Å². The summed E-state index contributed by atoms with van der Waals surface area (Å²) in [4.78, 5) is 31.1. The number of carbonyl (C=O) groups excluding carboxylic acids is 1. The van der Waals surface area contributed by atoms with Crippen LogP contribution in [0.25, 0.3) is 11.0 Å². The van der Waals surface area contributed by atoms with E-state index >= 15 is 0 Å². The molecule has 38 heavy (non-hydrogen) atoms. The highest BCUT2D eigenvalue weighted by Crippen LogP contribution is 2.42. The maximum absolute atomic E-state index is 14.7. The lowest BCUT2D eigenvalue weighted by atomic mass is 9.85. The number of anilines is 1. The van der Waals surface area contributed by atoms with Crippen LogP contribution in [0.2, 0.25) is 0 Å². The first-order chi connectivity index (χ1) is 18.2. The molecule has 0 spiro atoms. The fraction of sp³-hybridized carbons (Fsp3) is 0.483. The van der Waals surface area contributed by atoms with Gasteiger partial charge >= 0.3 is 12.1 Å². The first-order valence-electron chi connectivity index (χ1n) is 13.2. The molecule has 1 saturated carbocycles. The average molecular weight is 524 g/mol. The summed E-state index contributed by atoms with van der Waals surface area (Å²) in [6, 6.07) is 9.02. The van der Waals surface area contributed by atoms with Gasteiger partial charge in [0.2, 0.25) is 0 Å². The van der Waals surface area contributed by atoms with Gasteiger partial charge in [0.15, 0.2) is 11.6 Å². The van der Waals surface area contributed by atoms with Crippen LogP contribution >= 0.6 is 0 Å². The molecule has 1 aromatic heterocycles. The second-order valence-electron chi connectivity index (χ2n) is 10.5. The van der Waals surface area contributed by atoms with Crippen molar-refractivity contribution in [1.82, 2.24) is 9.55 Å². The molecule has 1 N–H and O–H groups in total. The van der Waals surface area contributed by atoms with Crippen LogP contribution in [0, 0.1) is 11.7 Å². The van der Waals surface area contributed by atoms with Crippen molar-refractivity contribution in [2.45, 2.75) is 70.4 Å². The topological polar surface area (TPSA) is 93.9 Å². The van der Waals surface area contributed by atoms with E-state index in [1.807, 2.05) is 32.0 Å². The first kappa shape index (κ1) is 26.0. The first-order valence-corrected chi connectivity index (χ1v) is 13.2. The minimum Gasteiger partial charge on any atom is -0.494 e. The molecule has 0 bridgehead atoms. The Morgan fingerprint density at radius 1 is 1.11 bits per heavy atom. The van der Waals surface area contributed by atoms with E-state index in [0.717, 1.165) is 59.4 Å². The number of hydrogen-bond donors (Lipinski definition) is 1. The molecule has 1 aliphatic carbocycles. The van der Waals surface area contributed by atoms with Gasteiger partial charge in [0, 0.05) is 23.6 Å². The number of benzene rings is 2. The van der Waals surface area contributed by atoms with Crippen LogP contribution in [-0.4, -0.2) is 47.0 Å². The molecule has 1 fully saturated rings. The summed E-state index contributed by atoms with van der Waals surface area (Å²) in [7, 11) is 2.83. The fourth-order valence-electron chi connectivity index (χ4n) is 6.16. The third-order valence-corrected chi connectivity index (χ3v) is 8.33. The van der Waals surface area contributed by atoms with Gasteiger partial charge in [-0.25, -0.2) is 14.2 Å². The number of aliphatic carboxylic acids is 1. The number of aryl methyl sites for hydroxylation is 1. The molecule has 2 aliphatic rings. The number of hydrogen-bond acceptors (Lipinski definition) is 5. The van der Waals surface area contributed by atoms with E-state index in [1.54, 1.807) is 11.0 Å². The highest BCUT2D eigenvalue weighted by molar-refractivity contribution is 5.95. The van der Waals surface area contributed by atoms with Gasteiger partial charge in [-0.1, -0.05) is 13.0 Å². The lowest BCUT2D eigenvalue weighted by Gasteiger charge is -2.34. The number of carboxylic acids is 1. The molecule has 2 heterocycles. The minimum atomic E-state index is -0.743. The molecular formula is C29H34FN3O5. The van der Waals surface area contributed by atoms with Crippen LogP contribution in [0.5, 0.6) is 5.75 Å². The van der Waals surface area contributed by atoms with E-state index in [-0.39, 0.29) is 29.7 Å². The monoisotopic (exact) mass is 523 g/mol. The summed E-state index contributed by atoms with van der Waals surface area (Å²) in [6.07, 6.45) is 3.81. The number of halogens is 1. The van der Waals surface area contributed by atoms with Crippen molar-refractivity contribution >= 4 is 28.8 Å². The average Bonchev–Trinajstić information content (AvgIpc) is 3.32. The summed E-state index contributed by atoms with van der Waals surface area (Å²) >= 11 is 0. The van der Waals surface area contributed by atoms with E-state index in [1.165, 1.54) is 20.3 Å². The van der Waals surface area contributed by atoms with Crippen molar-refractivity contribution in [2.24, 2.45) is 5.92 Å². The molecule has 5 rings (SSSR count). The molecular weight excluding hydrogens is 489 g/mol. The quantitative estimate of drug-likeness (QED) is 0.437. The van der Waals surface area contributed by atoms with Gasteiger partial charge in [0.25, 0.3) is 0 Å². The van der Waals surface area contributed by atoms with Crippen LogP contribution in [0.1, 0.15) is 74.9 Å². The van der Waals surface area contributed by atoms with E-state index in [4.69, 9.17) is 14.5 Å². The van der Waals surface area contributed by atoms with Crippen molar-refractivity contribution < 1.29 is 28.6 Å². The lowest BCUT2D eigenvalue weighted by molar-refractivity contribution is -0.143. The molecule has 2 atom stereocenters. The number of carbonyl (C=O) groups is 2. The van der Waals surface area contributed by atoms with Gasteiger partial charge in [-0.05, 0) is 75.3 Å². The van der Waals surface area contributed by atoms with Gasteiger partial charge in [0.1, 0.15) is 5.82 Å². The van der Waals surface area contributed by atoms with E-state index in [0.29, 0.717) is 12.8 Å². The number of aromatic nitrogens is 2. The standard InChI is InChI=1S/C29H34FN3O5/c1-16-5-11-21-23(32(16)29(36)38-4)12-13-24-26(21)31-27(17(2)19-8-14-25(37-3)22(30)15-19)33(24)20-9-6-18(7-10-20)28(34)35/h8,12-18,20H,5-7,9-11H2,1-4H3,(H,34,35)/t16?,17-,18?,20?/m0/s1. The van der Waals surface area contributed by atoms with Crippen molar-refractivity contribution in [1.29, 1.82) is 0 Å². The third kappa shape index (κ3) is 4.37. The minimum absolute atomic E-state index is 0.00134. The molecule has 9 heteroatoms. The van der Waals surface area contributed by atoms with Gasteiger partial charge in [-0.2, -0.15) is 0 Å². The van der Waals surface area contributed by atoms with Crippen molar-refractivity contribution in [3.8, 4) is 5.75 Å². The van der Waals surface area contributed by atoms with Crippen molar-refractivity contribution in [2.75, 3.05) is 19.1 Å². The summed E-state index contributed by atoms with van der Waals surface area (Å²) in [6.45, 7) is 4.02. The zero-order chi connectivity index (χ0) is 27.1. The summed E-state index contributed by atoms with van der Waals surface area (Å²) in [5.41, 5.74) is 4.37. The molecule has 8 nitrogen and oxygen atoms in total. The summed E-state index contributed by atoms with van der Waals surface area (Å²) < 4.78 is 27.1. The fourth-order valence-corrected chi connectivity index (χ4v) is 6.16. The molecule has 3 aromatic rings. The van der Waals surface area contributed by atoms with Crippen LogP contribution < -0.4 is 9.64 Å². The smallest absolute Gasteiger partial charge is 0.414 e. The van der Waals surface area contributed by atoms with Crippen LogP contribution in [0.4, 0.5) is 14.9 Å². The van der Waals surface area contributed by atoms with Crippen molar-refractivity contribution in [3.05, 3.63) is 53.1 Å². The lowest BCUT2D eigenvalue weighted by Crippen LogP contribution is -2.42. The van der Waals surface area contributed by atoms with Gasteiger partial charge in [-0.3, -0.25) is 9.69 Å². The molecule has 0 saturated heterocycles. The Morgan fingerprint density at radius 2 is 1.84 bits per heavy atom. The van der Waals surface area contributed by atoms with E-state index in [2.05, 4.69) is 4.57 Å². The predicted molar refractivity (Wildman–Crippen MR) is 141 cm³/mol. The Bertz CT molecular complexity index is 1380. The number of rotatable bonds is 5. The zero-order valence-electron chi connectivity index (χ0n) is 22.2. The van der Waals surface area contributed by atoms with E-state index < -0.39 is 17.9 Å². The molecule has 1 aliphatic heterocycles. The molecule has 1 amide bonds. The second kappa shape index (κ2) is 10.3. The number of carboxylic acid groups (broad SMARTS) is 1. The van der Waals surface area contributed by atoms with E-state index in [9.17, 15) is 19.1 Å². The highest BCUT2D eigenvalue weighted by Gasteiger charge is 2.34. The van der Waals surface area contributed by atoms with Gasteiger partial charge in [0.05, 0.1) is 36.9 Å². The van der Waals surface area contributed by atoms with Gasteiger partial charge in [-0.15, -0.1) is 0 Å². The number of nitrogens with zero attached hydrogens (tertiary/aromatic N) is 3. The Balaban J connectivity index is 1.65. The Morgan fingerprint density at radius 3 is 2.47 bits per heavy atom. The molecule has 202 valence electrons. The number of fused-ring (bicyclic) bond motifs is 3. The number of ether oxygens (including phenoxy) is 2. The SMILES string of the molecule is COC(=O)N1c2ccc3c(nc([C@@H](C)c4ccc(OC)c(F)c4)n3C3CCC(C(=O)O)CC3)c2CCC1C. The molecule has 1 unspecified atom stereocenters. The molecule has 0 radical (unpaired) electrons. The zero-order valence-corrected chi connectivity index (χ0v) is 22.2. The normalized spacial score (nSPS) is 22.1. The Kier molecular flexibility index (Phi) is 7.03. The largest absolute Gasteiger partial charge is 0.494 e. The Hall–Kier alpha value is -3.62. The maximum Gasteiger partial charge on any atom is 0.414 e. The predicted octanol–water partition coefficient (Wildman–Crippen LogP) is 6.06. The summed E-state index contributed by atoms with van der Waals surface area (Å²) in [5.74, 6) is -0.739. The second-order valence-corrected chi connectivity index (χ2v) is 10.5. The molecule has 2 aromatic carbocycles. The number of methoxy groups -OCH3 is 2. The number of amides is 1. The number of imidazole rings is 1. The van der Waals surface area contributed by atoms with Crippen LogP contribution in [0.3, 0.4) is 0 Å². The Labute approximate surface area is 221 Å². The highest BCUT2D eigenvalue weighted by atomic mass is 19.1.